The third-order valence-electron chi connectivity index (χ3n) is 11.6. The maximum Gasteiger partial charge on any atom is 0.262 e. The standard InChI is InChI=1S/C43H42N2O4/c1-41(2,3)25-15-19-28(20-16-25)44-37(46)31-21-17-26(23-33(31)38(44)47)43(35-13-9-7-11-29(35)30-12-8-10-14-36(30)43)27-18-22-32-34(24-27)40(49)45(39(32)48)42(4,5)6/h7-14,17-18,21-25,28H,15-16,19-20H2,1-6H3. The molecule has 0 aromatic heterocycles. The van der Waals surface area contributed by atoms with Crippen LogP contribution < -0.4 is 0 Å². The Morgan fingerprint density at radius 1 is 0.531 bits per heavy atom. The molecule has 2 heterocycles. The molecule has 0 spiro atoms. The van der Waals surface area contributed by atoms with E-state index in [2.05, 4.69) is 45.0 Å². The number of hydrogen-bond donors (Lipinski definition) is 0. The number of amides is 4. The van der Waals surface area contributed by atoms with Crippen molar-refractivity contribution in [2.45, 2.75) is 84.2 Å². The molecular weight excluding hydrogens is 608 g/mol. The van der Waals surface area contributed by atoms with Crippen molar-refractivity contribution in [1.82, 2.24) is 9.80 Å². The minimum atomic E-state index is -0.906. The van der Waals surface area contributed by atoms with Crippen LogP contribution in [0, 0.1) is 11.3 Å². The highest BCUT2D eigenvalue weighted by atomic mass is 16.2. The maximum atomic E-state index is 14.3. The molecule has 0 unspecified atom stereocenters. The Morgan fingerprint density at radius 3 is 1.49 bits per heavy atom. The molecule has 0 radical (unpaired) electrons. The molecule has 4 aliphatic rings. The third kappa shape index (κ3) is 4.38. The first-order chi connectivity index (χ1) is 23.2. The maximum absolute atomic E-state index is 14.3. The molecule has 0 N–H and O–H groups in total. The van der Waals surface area contributed by atoms with Crippen molar-refractivity contribution >= 4 is 23.6 Å². The van der Waals surface area contributed by atoms with E-state index >= 15 is 0 Å². The first-order valence-electron chi connectivity index (χ1n) is 17.5. The van der Waals surface area contributed by atoms with Crippen LogP contribution in [0.2, 0.25) is 0 Å². The minimum Gasteiger partial charge on any atom is -0.271 e. The van der Waals surface area contributed by atoms with Gasteiger partial charge in [-0.3, -0.25) is 29.0 Å². The molecule has 6 nitrogen and oxygen atoms in total. The number of nitrogens with zero attached hydrogens (tertiary/aromatic N) is 2. The number of carbonyl (C=O) groups excluding carboxylic acids is 4. The fourth-order valence-corrected chi connectivity index (χ4v) is 9.13. The summed E-state index contributed by atoms with van der Waals surface area (Å²) in [6, 6.07) is 27.7. The van der Waals surface area contributed by atoms with Crippen LogP contribution in [0.4, 0.5) is 0 Å². The summed E-state index contributed by atoms with van der Waals surface area (Å²) in [4.78, 5) is 58.4. The second kappa shape index (κ2) is 10.6. The lowest BCUT2D eigenvalue weighted by atomic mass is 9.67. The number of rotatable bonds is 3. The van der Waals surface area contributed by atoms with Crippen molar-refractivity contribution in [2.24, 2.45) is 11.3 Å². The summed E-state index contributed by atoms with van der Waals surface area (Å²) < 4.78 is 0. The van der Waals surface area contributed by atoms with E-state index in [0.29, 0.717) is 28.2 Å². The van der Waals surface area contributed by atoms with E-state index in [0.717, 1.165) is 59.1 Å². The van der Waals surface area contributed by atoms with Crippen LogP contribution in [-0.2, 0) is 5.41 Å². The van der Waals surface area contributed by atoms with Gasteiger partial charge in [0.2, 0.25) is 0 Å². The fraction of sp³-hybridized carbons (Fsp3) is 0.349. The molecule has 1 saturated carbocycles. The lowest BCUT2D eigenvalue weighted by Crippen LogP contribution is -2.45. The fourth-order valence-electron chi connectivity index (χ4n) is 9.13. The molecule has 0 atom stereocenters. The Morgan fingerprint density at radius 2 is 0.980 bits per heavy atom. The molecule has 6 heteroatoms. The van der Waals surface area contributed by atoms with Crippen molar-refractivity contribution in [3.8, 4) is 11.1 Å². The van der Waals surface area contributed by atoms with E-state index in [1.807, 2.05) is 75.4 Å². The van der Waals surface area contributed by atoms with E-state index in [4.69, 9.17) is 0 Å². The van der Waals surface area contributed by atoms with Gasteiger partial charge in [0.1, 0.15) is 0 Å². The number of fused-ring (bicyclic) bond motifs is 5. The Balaban J connectivity index is 1.29. The Kier molecular flexibility index (Phi) is 6.78. The van der Waals surface area contributed by atoms with Crippen molar-refractivity contribution in [3.63, 3.8) is 0 Å². The molecule has 4 aromatic carbocycles. The second-order valence-electron chi connectivity index (χ2n) is 16.3. The zero-order valence-electron chi connectivity index (χ0n) is 29.1. The second-order valence-corrected chi connectivity index (χ2v) is 16.3. The van der Waals surface area contributed by atoms with Crippen LogP contribution in [-0.4, -0.2) is 45.0 Å². The highest BCUT2D eigenvalue weighted by molar-refractivity contribution is 6.22. The molecular formula is C43H42N2O4. The molecule has 1 fully saturated rings. The van der Waals surface area contributed by atoms with Gasteiger partial charge < -0.3 is 0 Å². The topological polar surface area (TPSA) is 74.8 Å². The summed E-state index contributed by atoms with van der Waals surface area (Å²) in [5, 5.41) is 0. The Hall–Kier alpha value is -4.84. The lowest BCUT2D eigenvalue weighted by molar-refractivity contribution is 0.0480. The quantitative estimate of drug-likeness (QED) is 0.183. The molecule has 49 heavy (non-hydrogen) atoms. The van der Waals surface area contributed by atoms with Crippen molar-refractivity contribution in [2.75, 3.05) is 0 Å². The molecule has 2 aliphatic carbocycles. The smallest absolute Gasteiger partial charge is 0.262 e. The van der Waals surface area contributed by atoms with Gasteiger partial charge in [-0.2, -0.15) is 0 Å². The molecule has 0 bridgehead atoms. The number of hydrogen-bond acceptors (Lipinski definition) is 4. The van der Waals surface area contributed by atoms with Gasteiger partial charge in [-0.05, 0) is 115 Å². The van der Waals surface area contributed by atoms with Crippen LogP contribution in [0.5, 0.6) is 0 Å². The zero-order valence-corrected chi connectivity index (χ0v) is 29.1. The minimum absolute atomic E-state index is 0.109. The monoisotopic (exact) mass is 650 g/mol. The molecule has 4 amide bonds. The summed E-state index contributed by atoms with van der Waals surface area (Å²) in [6.07, 6.45) is 3.63. The molecule has 248 valence electrons. The summed E-state index contributed by atoms with van der Waals surface area (Å²) in [5.74, 6) is -0.477. The van der Waals surface area contributed by atoms with Crippen LogP contribution in [0.1, 0.15) is 131 Å². The molecule has 0 saturated heterocycles. The Labute approximate surface area is 288 Å². The van der Waals surface area contributed by atoms with Gasteiger partial charge in [-0.15, -0.1) is 0 Å². The van der Waals surface area contributed by atoms with Crippen molar-refractivity contribution in [1.29, 1.82) is 0 Å². The van der Waals surface area contributed by atoms with E-state index < -0.39 is 11.0 Å². The average Bonchev–Trinajstić information content (AvgIpc) is 3.62. The van der Waals surface area contributed by atoms with E-state index in [1.165, 1.54) is 9.80 Å². The van der Waals surface area contributed by atoms with Crippen LogP contribution in [0.15, 0.2) is 84.9 Å². The summed E-state index contributed by atoms with van der Waals surface area (Å²) >= 11 is 0. The molecule has 2 aliphatic heterocycles. The van der Waals surface area contributed by atoms with E-state index in [1.54, 1.807) is 6.07 Å². The predicted molar refractivity (Wildman–Crippen MR) is 190 cm³/mol. The van der Waals surface area contributed by atoms with Crippen molar-refractivity contribution < 1.29 is 19.2 Å². The van der Waals surface area contributed by atoms with Crippen LogP contribution >= 0.6 is 0 Å². The van der Waals surface area contributed by atoms with Gasteiger partial charge in [0.05, 0.1) is 27.7 Å². The van der Waals surface area contributed by atoms with E-state index in [-0.39, 0.29) is 35.1 Å². The van der Waals surface area contributed by atoms with Crippen molar-refractivity contribution in [3.05, 3.63) is 129 Å². The highest BCUT2D eigenvalue weighted by Gasteiger charge is 2.50. The first kappa shape index (κ1) is 31.4. The van der Waals surface area contributed by atoms with Gasteiger partial charge >= 0.3 is 0 Å². The third-order valence-corrected chi connectivity index (χ3v) is 11.6. The highest BCUT2D eigenvalue weighted by Crippen LogP contribution is 2.57. The first-order valence-corrected chi connectivity index (χ1v) is 17.5. The van der Waals surface area contributed by atoms with Gasteiger partial charge in [0, 0.05) is 11.6 Å². The molecule has 8 rings (SSSR count). The van der Waals surface area contributed by atoms with Gasteiger partial charge in [-0.25, -0.2) is 0 Å². The largest absolute Gasteiger partial charge is 0.271 e. The Bertz CT molecular complexity index is 2060. The van der Waals surface area contributed by atoms with Gasteiger partial charge in [0.15, 0.2) is 0 Å². The van der Waals surface area contributed by atoms with Gasteiger partial charge in [0.25, 0.3) is 23.6 Å². The predicted octanol–water partition coefficient (Wildman–Crippen LogP) is 8.65. The summed E-state index contributed by atoms with van der Waals surface area (Å²) in [7, 11) is 0. The SMILES string of the molecule is CC(C)(C)C1CCC(N2C(=O)c3ccc(C4(c5ccc6c(c5)C(=O)N(C(C)(C)C)C6=O)c5ccccc5-c5ccccc54)cc3C2=O)CC1. The van der Waals surface area contributed by atoms with E-state index in [9.17, 15) is 19.2 Å². The number of imide groups is 2. The van der Waals surface area contributed by atoms with Crippen LogP contribution in [0.25, 0.3) is 11.1 Å². The van der Waals surface area contributed by atoms with Gasteiger partial charge in [-0.1, -0.05) is 81.4 Å². The summed E-state index contributed by atoms with van der Waals surface area (Å²) in [6.45, 7) is 12.4. The molecule has 4 aromatic rings. The average molecular weight is 651 g/mol. The lowest BCUT2D eigenvalue weighted by Gasteiger charge is -2.39. The number of benzene rings is 4. The van der Waals surface area contributed by atoms with Crippen LogP contribution in [0.3, 0.4) is 0 Å². The zero-order chi connectivity index (χ0) is 34.6. The normalized spacial score (nSPS) is 21.2. The number of carbonyl (C=O) groups is 4. The summed E-state index contributed by atoms with van der Waals surface area (Å²) in [5.41, 5.74) is 6.10.